The summed E-state index contributed by atoms with van der Waals surface area (Å²) in [5.74, 6) is 0.888. The third-order valence-electron chi connectivity index (χ3n) is 4.50. The van der Waals surface area contributed by atoms with Gasteiger partial charge in [0.1, 0.15) is 0 Å². The number of aliphatic hydroxyl groups excluding tert-OH is 1. The Morgan fingerprint density at radius 1 is 1.30 bits per heavy atom. The van der Waals surface area contributed by atoms with Crippen LogP contribution in [0.3, 0.4) is 0 Å². The molecule has 3 N–H and O–H groups in total. The molecule has 1 aliphatic carbocycles. The van der Waals surface area contributed by atoms with Crippen molar-refractivity contribution in [2.75, 3.05) is 19.7 Å². The Kier molecular flexibility index (Phi) is 10.1. The Morgan fingerprint density at radius 3 is 2.70 bits per heavy atom. The van der Waals surface area contributed by atoms with Crippen LogP contribution in [0, 0.1) is 5.41 Å². The first-order valence-corrected chi connectivity index (χ1v) is 9.31. The first kappa shape index (κ1) is 20.7. The lowest BCUT2D eigenvalue weighted by Gasteiger charge is -2.37. The Balaban J connectivity index is 0.00000264. The molecule has 1 aromatic heterocycles. The summed E-state index contributed by atoms with van der Waals surface area (Å²) in [5, 5.41) is 18.3. The van der Waals surface area contributed by atoms with E-state index in [-0.39, 0.29) is 36.0 Å². The molecule has 1 saturated carbocycles. The molecule has 1 heterocycles. The van der Waals surface area contributed by atoms with Gasteiger partial charge in [0.15, 0.2) is 5.96 Å². The predicted molar refractivity (Wildman–Crippen MR) is 110 cm³/mol. The third-order valence-corrected chi connectivity index (χ3v) is 5.37. The van der Waals surface area contributed by atoms with Crippen molar-refractivity contribution in [3.8, 4) is 0 Å². The van der Waals surface area contributed by atoms with Crippen LogP contribution in [0.4, 0.5) is 0 Å². The fourth-order valence-corrected chi connectivity index (χ4v) is 3.85. The van der Waals surface area contributed by atoms with Gasteiger partial charge in [-0.25, -0.2) is 4.99 Å². The smallest absolute Gasteiger partial charge is 0.191 e. The minimum absolute atomic E-state index is 0. The molecule has 132 valence electrons. The largest absolute Gasteiger partial charge is 0.396 e. The summed E-state index contributed by atoms with van der Waals surface area (Å²) in [6, 6.07) is 4.18. The SMILES string of the molecule is CCNC(=NCc1cccs1)NCC1(CCO)CCCCC1.I. The highest BCUT2D eigenvalue weighted by Crippen LogP contribution is 2.38. The van der Waals surface area contributed by atoms with Crippen molar-refractivity contribution in [3.63, 3.8) is 0 Å². The first-order chi connectivity index (χ1) is 10.8. The first-order valence-electron chi connectivity index (χ1n) is 8.43. The number of aliphatic hydroxyl groups is 1. The van der Waals surface area contributed by atoms with Crippen LogP contribution in [0.1, 0.15) is 50.3 Å². The number of nitrogens with one attached hydrogen (secondary N) is 2. The van der Waals surface area contributed by atoms with Gasteiger partial charge in [0.2, 0.25) is 0 Å². The minimum atomic E-state index is 0. The van der Waals surface area contributed by atoms with Gasteiger partial charge in [0, 0.05) is 24.6 Å². The average Bonchev–Trinajstić information content (AvgIpc) is 3.05. The number of guanidine groups is 1. The van der Waals surface area contributed by atoms with Crippen molar-refractivity contribution >= 4 is 41.3 Å². The predicted octanol–water partition coefficient (Wildman–Crippen LogP) is 3.75. The van der Waals surface area contributed by atoms with E-state index in [2.05, 4.69) is 40.1 Å². The number of hydrogen-bond acceptors (Lipinski definition) is 3. The zero-order valence-electron chi connectivity index (χ0n) is 14.0. The molecule has 0 amide bonds. The topological polar surface area (TPSA) is 56.7 Å². The lowest BCUT2D eigenvalue weighted by molar-refractivity contribution is 0.131. The maximum absolute atomic E-state index is 9.41. The average molecular weight is 451 g/mol. The summed E-state index contributed by atoms with van der Waals surface area (Å²) in [5.41, 5.74) is 0.242. The van der Waals surface area contributed by atoms with Crippen molar-refractivity contribution in [1.82, 2.24) is 10.6 Å². The maximum atomic E-state index is 9.41. The Morgan fingerprint density at radius 2 is 2.09 bits per heavy atom. The van der Waals surface area contributed by atoms with E-state index < -0.39 is 0 Å². The number of rotatable bonds is 7. The zero-order valence-corrected chi connectivity index (χ0v) is 17.2. The molecule has 0 atom stereocenters. The van der Waals surface area contributed by atoms with E-state index in [1.54, 1.807) is 11.3 Å². The van der Waals surface area contributed by atoms with Crippen LogP contribution in [0.5, 0.6) is 0 Å². The Hall–Kier alpha value is -0.340. The molecule has 6 heteroatoms. The molecule has 2 rings (SSSR count). The maximum Gasteiger partial charge on any atom is 0.191 e. The number of hydrogen-bond donors (Lipinski definition) is 3. The van der Waals surface area contributed by atoms with E-state index in [1.807, 2.05) is 0 Å². The summed E-state index contributed by atoms with van der Waals surface area (Å²) in [6.45, 7) is 4.87. The van der Waals surface area contributed by atoms with Crippen molar-refractivity contribution in [1.29, 1.82) is 0 Å². The summed E-state index contributed by atoms with van der Waals surface area (Å²) in [6.07, 6.45) is 7.22. The second-order valence-electron chi connectivity index (χ2n) is 6.16. The molecule has 4 nitrogen and oxygen atoms in total. The van der Waals surface area contributed by atoms with Crippen LogP contribution in [0.15, 0.2) is 22.5 Å². The van der Waals surface area contributed by atoms with Gasteiger partial charge in [-0.15, -0.1) is 35.3 Å². The van der Waals surface area contributed by atoms with Crippen molar-refractivity contribution in [3.05, 3.63) is 22.4 Å². The van der Waals surface area contributed by atoms with Crippen LogP contribution in [0.2, 0.25) is 0 Å². The molecular weight excluding hydrogens is 421 g/mol. The summed E-state index contributed by atoms with van der Waals surface area (Å²) >= 11 is 1.74. The molecule has 1 aliphatic rings. The van der Waals surface area contributed by atoms with Gasteiger partial charge < -0.3 is 15.7 Å². The standard InChI is InChI=1S/C17H29N3OS.HI/c1-2-18-16(19-13-15-7-6-12-22-15)20-14-17(10-11-21)8-4-3-5-9-17;/h6-7,12,21H,2-5,8-11,13-14H2,1H3,(H2,18,19,20);1H. The molecule has 0 radical (unpaired) electrons. The molecule has 1 aromatic rings. The monoisotopic (exact) mass is 451 g/mol. The van der Waals surface area contributed by atoms with Crippen molar-refractivity contribution < 1.29 is 5.11 Å². The van der Waals surface area contributed by atoms with E-state index in [0.717, 1.165) is 32.0 Å². The van der Waals surface area contributed by atoms with E-state index in [0.29, 0.717) is 0 Å². The van der Waals surface area contributed by atoms with Crippen LogP contribution >= 0.6 is 35.3 Å². The molecule has 0 aromatic carbocycles. The van der Waals surface area contributed by atoms with Gasteiger partial charge in [0.05, 0.1) is 6.54 Å². The van der Waals surface area contributed by atoms with Gasteiger partial charge in [0.25, 0.3) is 0 Å². The normalized spacial score (nSPS) is 17.4. The quantitative estimate of drug-likeness (QED) is 0.336. The second kappa shape index (κ2) is 11.3. The molecule has 0 unspecified atom stereocenters. The fraction of sp³-hybridized carbons (Fsp3) is 0.706. The van der Waals surface area contributed by atoms with Crippen molar-refractivity contribution in [2.24, 2.45) is 10.4 Å². The van der Waals surface area contributed by atoms with Gasteiger partial charge >= 0.3 is 0 Å². The van der Waals surface area contributed by atoms with Gasteiger partial charge in [-0.3, -0.25) is 0 Å². The number of aliphatic imine (C=N–C) groups is 1. The highest BCUT2D eigenvalue weighted by molar-refractivity contribution is 14.0. The Bertz CT molecular complexity index is 439. The summed E-state index contributed by atoms with van der Waals surface area (Å²) in [7, 11) is 0. The van der Waals surface area contributed by atoms with Crippen LogP contribution < -0.4 is 10.6 Å². The van der Waals surface area contributed by atoms with Crippen LogP contribution in [0.25, 0.3) is 0 Å². The Labute approximate surface area is 161 Å². The van der Waals surface area contributed by atoms with Gasteiger partial charge in [-0.05, 0) is 43.0 Å². The summed E-state index contributed by atoms with van der Waals surface area (Å²) in [4.78, 5) is 5.95. The second-order valence-corrected chi connectivity index (χ2v) is 7.19. The van der Waals surface area contributed by atoms with Crippen LogP contribution in [-0.2, 0) is 6.54 Å². The summed E-state index contributed by atoms with van der Waals surface area (Å²) < 4.78 is 0. The van der Waals surface area contributed by atoms with E-state index in [9.17, 15) is 5.11 Å². The zero-order chi connectivity index (χ0) is 15.7. The van der Waals surface area contributed by atoms with Gasteiger partial charge in [-0.2, -0.15) is 0 Å². The van der Waals surface area contributed by atoms with Gasteiger partial charge in [-0.1, -0.05) is 25.3 Å². The highest BCUT2D eigenvalue weighted by Gasteiger charge is 2.31. The lowest BCUT2D eigenvalue weighted by Crippen LogP contribution is -2.44. The molecular formula is C17H30IN3OS. The van der Waals surface area contributed by atoms with E-state index in [1.165, 1.54) is 37.0 Å². The van der Waals surface area contributed by atoms with Crippen LogP contribution in [-0.4, -0.2) is 30.8 Å². The third kappa shape index (κ3) is 6.97. The van der Waals surface area contributed by atoms with E-state index >= 15 is 0 Å². The fourth-order valence-electron chi connectivity index (χ4n) is 3.23. The molecule has 0 bridgehead atoms. The van der Waals surface area contributed by atoms with Crippen molar-refractivity contribution in [2.45, 2.75) is 52.0 Å². The molecule has 0 saturated heterocycles. The van der Waals surface area contributed by atoms with E-state index in [4.69, 9.17) is 0 Å². The number of halogens is 1. The number of nitrogens with zero attached hydrogens (tertiary/aromatic N) is 1. The molecule has 0 spiro atoms. The lowest BCUT2D eigenvalue weighted by atomic mass is 9.72. The molecule has 1 fully saturated rings. The minimum Gasteiger partial charge on any atom is -0.396 e. The number of thiophene rings is 1. The molecule has 23 heavy (non-hydrogen) atoms. The molecule has 0 aliphatic heterocycles. The highest BCUT2D eigenvalue weighted by atomic mass is 127.